The van der Waals surface area contributed by atoms with E-state index >= 15 is 0 Å². The molecular formula is C19H33Cl2PS. The fraction of sp³-hybridized carbons (Fsp3) is 0.684. The third kappa shape index (κ3) is 7.55. The Labute approximate surface area is 157 Å². The van der Waals surface area contributed by atoms with E-state index in [1.54, 1.807) is 0 Å². The first-order valence-corrected chi connectivity index (χ1v) is 14.3. The van der Waals surface area contributed by atoms with Gasteiger partial charge in [0.25, 0.3) is 0 Å². The quantitative estimate of drug-likeness (QED) is 0.252. The van der Waals surface area contributed by atoms with Crippen molar-refractivity contribution >= 4 is 40.6 Å². The van der Waals surface area contributed by atoms with Gasteiger partial charge < -0.3 is 0 Å². The maximum atomic E-state index is 7.60. The summed E-state index contributed by atoms with van der Waals surface area (Å²) in [6, 6.07) is 8.23. The average Bonchev–Trinajstić information content (AvgIpc) is 2.57. The minimum absolute atomic E-state index is 0.806. The first-order valence-electron chi connectivity index (χ1n) is 9.06. The number of rotatable bonds is 12. The van der Waals surface area contributed by atoms with Gasteiger partial charge in [0.05, 0.1) is 0 Å². The summed E-state index contributed by atoms with van der Waals surface area (Å²) in [5.74, 6) is -2.14. The first kappa shape index (κ1) is 21.6. The van der Waals surface area contributed by atoms with Gasteiger partial charge >= 0.3 is 158 Å². The van der Waals surface area contributed by atoms with Gasteiger partial charge in [0.2, 0.25) is 0 Å². The second kappa shape index (κ2) is 10.5. The van der Waals surface area contributed by atoms with Gasteiger partial charge in [-0.25, -0.2) is 0 Å². The van der Waals surface area contributed by atoms with E-state index in [4.69, 9.17) is 22.8 Å². The summed E-state index contributed by atoms with van der Waals surface area (Å²) in [5, 5.41) is 0.806. The zero-order valence-electron chi connectivity index (χ0n) is 15.0. The molecule has 0 atom stereocenters. The summed E-state index contributed by atoms with van der Waals surface area (Å²) < 4.78 is 0. The molecule has 1 aromatic rings. The van der Waals surface area contributed by atoms with Crippen molar-refractivity contribution in [1.82, 2.24) is 0 Å². The third-order valence-electron chi connectivity index (χ3n) is 4.58. The number of unbranched alkanes of at least 4 members (excludes halogenated alkanes) is 3. The van der Waals surface area contributed by atoms with Crippen molar-refractivity contribution in [2.75, 3.05) is 24.0 Å². The Hall–Kier alpha value is 0.580. The average molecular weight is 395 g/mol. The number of hydrogen-bond donors (Lipinski definition) is 0. The van der Waals surface area contributed by atoms with Crippen LogP contribution in [0.2, 0.25) is 5.02 Å². The summed E-state index contributed by atoms with van der Waals surface area (Å²) in [6.07, 6.45) is 11.3. The first-order chi connectivity index (χ1) is 11.0. The Morgan fingerprint density at radius 3 is 1.65 bits per heavy atom. The van der Waals surface area contributed by atoms with Gasteiger partial charge in [0, 0.05) is 0 Å². The van der Waals surface area contributed by atoms with E-state index in [0.29, 0.717) is 0 Å². The van der Waals surface area contributed by atoms with Crippen LogP contribution in [0.15, 0.2) is 29.2 Å². The van der Waals surface area contributed by atoms with Crippen molar-refractivity contribution in [3.05, 3.63) is 29.3 Å². The van der Waals surface area contributed by atoms with Gasteiger partial charge in [0.15, 0.2) is 0 Å². The molecule has 0 radical (unpaired) electrons. The molecule has 0 aliphatic rings. The van der Waals surface area contributed by atoms with Crippen LogP contribution in [0.25, 0.3) is 0 Å². The second-order valence-electron chi connectivity index (χ2n) is 6.78. The summed E-state index contributed by atoms with van der Waals surface area (Å²) in [6.45, 7) is 6.85. The summed E-state index contributed by atoms with van der Waals surface area (Å²) in [5.41, 5.74) is 1.12. The van der Waals surface area contributed by atoms with Crippen LogP contribution < -0.4 is 0 Å². The van der Waals surface area contributed by atoms with Crippen molar-refractivity contribution < 1.29 is 0 Å². The van der Waals surface area contributed by atoms with E-state index in [9.17, 15) is 0 Å². The molecule has 134 valence electrons. The van der Waals surface area contributed by atoms with Gasteiger partial charge in [0.1, 0.15) is 0 Å². The Morgan fingerprint density at radius 2 is 1.26 bits per heavy atom. The number of halogens is 2. The van der Waals surface area contributed by atoms with E-state index in [1.807, 2.05) is 23.9 Å². The van der Waals surface area contributed by atoms with Crippen LogP contribution in [0, 0.1) is 0 Å². The zero-order chi connectivity index (χ0) is 17.2. The molecule has 0 amide bonds. The fourth-order valence-corrected chi connectivity index (χ4v) is 12.4. The minimum atomic E-state index is -2.14. The van der Waals surface area contributed by atoms with Crippen molar-refractivity contribution in [3.8, 4) is 0 Å². The van der Waals surface area contributed by atoms with Crippen LogP contribution in [0.4, 0.5) is 0 Å². The van der Waals surface area contributed by atoms with Crippen molar-refractivity contribution in [1.29, 1.82) is 0 Å². The van der Waals surface area contributed by atoms with Gasteiger partial charge in [-0.15, -0.1) is 0 Å². The molecule has 0 aromatic heterocycles. The zero-order valence-corrected chi connectivity index (χ0v) is 18.2. The molecule has 0 bridgehead atoms. The molecular weight excluding hydrogens is 362 g/mol. The molecule has 0 fully saturated rings. The molecule has 0 saturated heterocycles. The van der Waals surface area contributed by atoms with Crippen LogP contribution in [-0.4, -0.2) is 24.0 Å². The van der Waals surface area contributed by atoms with Crippen LogP contribution in [-0.2, 0) is 0 Å². The van der Waals surface area contributed by atoms with Crippen LogP contribution in [0.1, 0.15) is 59.3 Å². The SMILES string of the molecule is CCCCP(Cl)(CCCC)(CCCC)CSc1ccc(Cl)cc1. The van der Waals surface area contributed by atoms with Gasteiger partial charge in [-0.2, -0.15) is 0 Å². The van der Waals surface area contributed by atoms with Crippen molar-refractivity contribution in [2.24, 2.45) is 0 Å². The van der Waals surface area contributed by atoms with Gasteiger partial charge in [-0.3, -0.25) is 0 Å². The predicted octanol–water partition coefficient (Wildman–Crippen LogP) is 8.50. The number of thioether (sulfide) groups is 1. The summed E-state index contributed by atoms with van der Waals surface area (Å²) in [4.78, 5) is 1.30. The third-order valence-corrected chi connectivity index (χ3v) is 15.2. The summed E-state index contributed by atoms with van der Waals surface area (Å²) >= 11 is 15.6. The normalized spacial score (nSPS) is 13.7. The molecule has 0 unspecified atom stereocenters. The van der Waals surface area contributed by atoms with Crippen molar-refractivity contribution in [3.63, 3.8) is 0 Å². The molecule has 1 rings (SSSR count). The molecule has 0 nitrogen and oxygen atoms in total. The topological polar surface area (TPSA) is 0 Å². The molecule has 0 saturated carbocycles. The molecule has 0 aliphatic heterocycles. The molecule has 1 aromatic carbocycles. The van der Waals surface area contributed by atoms with Gasteiger partial charge in [-0.05, 0) is 0 Å². The fourth-order valence-electron chi connectivity index (χ4n) is 2.96. The Bertz CT molecular complexity index is 423. The molecule has 0 N–H and O–H groups in total. The molecule has 0 heterocycles. The number of hydrogen-bond acceptors (Lipinski definition) is 1. The monoisotopic (exact) mass is 394 g/mol. The predicted molar refractivity (Wildman–Crippen MR) is 114 cm³/mol. The summed E-state index contributed by atoms with van der Waals surface area (Å²) in [7, 11) is 0. The second-order valence-corrected chi connectivity index (χ2v) is 16.9. The van der Waals surface area contributed by atoms with Crippen molar-refractivity contribution in [2.45, 2.75) is 64.2 Å². The van der Waals surface area contributed by atoms with E-state index in [-0.39, 0.29) is 0 Å². The van der Waals surface area contributed by atoms with Crippen LogP contribution in [0.5, 0.6) is 0 Å². The van der Waals surface area contributed by atoms with Crippen LogP contribution in [0.3, 0.4) is 0 Å². The number of benzene rings is 1. The van der Waals surface area contributed by atoms with E-state index in [1.165, 1.54) is 61.9 Å². The standard InChI is InChI=1S/C19H33Cl2PS/c1-4-7-14-22(21,15-8-5-2,16-9-6-3)17-23-19-12-10-18(20)11-13-19/h10-13H,4-9,14-17H2,1-3H3. The Kier molecular flexibility index (Phi) is 9.91. The molecule has 4 heteroatoms. The van der Waals surface area contributed by atoms with E-state index < -0.39 is 5.96 Å². The molecule has 23 heavy (non-hydrogen) atoms. The van der Waals surface area contributed by atoms with Gasteiger partial charge in [-0.1, -0.05) is 0 Å². The Balaban J connectivity index is 2.90. The molecule has 0 aliphatic carbocycles. The molecule has 0 spiro atoms. The van der Waals surface area contributed by atoms with E-state index in [2.05, 4.69) is 32.9 Å². The van der Waals surface area contributed by atoms with E-state index in [0.717, 1.165) is 10.5 Å². The Morgan fingerprint density at radius 1 is 0.826 bits per heavy atom. The maximum absolute atomic E-state index is 7.60. The van der Waals surface area contributed by atoms with Crippen LogP contribution >= 0.6 is 40.6 Å².